The van der Waals surface area contributed by atoms with E-state index in [9.17, 15) is 8.42 Å². The third-order valence-electron chi connectivity index (χ3n) is 3.18. The largest absolute Gasteiger partial charge is 0.330 e. The molecule has 6 heteroatoms. The highest BCUT2D eigenvalue weighted by atomic mass is 32.2. The fourth-order valence-corrected chi connectivity index (χ4v) is 4.25. The Hall–Kier alpha value is 0.220. The van der Waals surface area contributed by atoms with Gasteiger partial charge in [-0.25, -0.2) is 13.1 Å². The molecule has 0 heterocycles. The van der Waals surface area contributed by atoms with Gasteiger partial charge in [0.2, 0.25) is 10.0 Å². The first-order valence-corrected chi connectivity index (χ1v) is 8.64. The molecule has 0 atom stereocenters. The number of nitrogens with two attached hydrogens (primary N) is 1. The molecular formula is C10H22N2O2S2. The van der Waals surface area contributed by atoms with Gasteiger partial charge in [0.1, 0.15) is 0 Å². The molecule has 0 bridgehead atoms. The Kier molecular flexibility index (Phi) is 5.56. The second kappa shape index (κ2) is 6.23. The smallest absolute Gasteiger partial charge is 0.211 e. The SMILES string of the molecule is CSC1(CNS(=O)(=O)CCCN)CCCC1. The van der Waals surface area contributed by atoms with Gasteiger partial charge in [-0.05, 0) is 32.1 Å². The predicted octanol–water partition coefficient (Wildman–Crippen LogP) is 0.930. The lowest BCUT2D eigenvalue weighted by molar-refractivity contribution is 0.549. The Morgan fingerprint density at radius 1 is 1.38 bits per heavy atom. The summed E-state index contributed by atoms with van der Waals surface area (Å²) in [6.07, 6.45) is 7.26. The quantitative estimate of drug-likeness (QED) is 0.719. The van der Waals surface area contributed by atoms with Crippen LogP contribution in [-0.4, -0.2) is 38.3 Å². The molecule has 4 nitrogen and oxygen atoms in total. The topological polar surface area (TPSA) is 72.2 Å². The maximum atomic E-state index is 11.6. The minimum atomic E-state index is -3.12. The van der Waals surface area contributed by atoms with Crippen molar-refractivity contribution in [2.45, 2.75) is 36.9 Å². The van der Waals surface area contributed by atoms with Crippen LogP contribution >= 0.6 is 11.8 Å². The van der Waals surface area contributed by atoms with Crippen molar-refractivity contribution in [1.82, 2.24) is 4.72 Å². The lowest BCUT2D eigenvalue weighted by Gasteiger charge is -2.26. The summed E-state index contributed by atoms with van der Waals surface area (Å²) >= 11 is 1.79. The predicted molar refractivity (Wildman–Crippen MR) is 70.2 cm³/mol. The third kappa shape index (κ3) is 4.24. The lowest BCUT2D eigenvalue weighted by atomic mass is 10.1. The first-order valence-electron chi connectivity index (χ1n) is 5.76. The Labute approximate surface area is 103 Å². The van der Waals surface area contributed by atoms with E-state index in [4.69, 9.17) is 5.73 Å². The molecule has 1 aliphatic rings. The number of hydrogen-bond acceptors (Lipinski definition) is 4. The van der Waals surface area contributed by atoms with Gasteiger partial charge in [0.25, 0.3) is 0 Å². The van der Waals surface area contributed by atoms with Gasteiger partial charge in [-0.2, -0.15) is 11.8 Å². The summed E-state index contributed by atoms with van der Waals surface area (Å²) in [5.74, 6) is 0.147. The molecule has 1 fully saturated rings. The molecular weight excluding hydrogens is 244 g/mol. The van der Waals surface area contributed by atoms with Crippen molar-refractivity contribution in [3.8, 4) is 0 Å². The standard InChI is InChI=1S/C10H22N2O2S2/c1-15-10(5-2-3-6-10)9-12-16(13,14)8-4-7-11/h12H,2-9,11H2,1H3. The number of nitrogens with one attached hydrogen (secondary N) is 1. The fourth-order valence-electron chi connectivity index (χ4n) is 2.06. The zero-order chi connectivity index (χ0) is 12.1. The van der Waals surface area contributed by atoms with Gasteiger partial charge in [-0.3, -0.25) is 0 Å². The zero-order valence-corrected chi connectivity index (χ0v) is 11.5. The normalized spacial score (nSPS) is 20.1. The third-order valence-corrected chi connectivity index (χ3v) is 6.01. The van der Waals surface area contributed by atoms with Crippen LogP contribution in [-0.2, 0) is 10.0 Å². The van der Waals surface area contributed by atoms with Crippen molar-refractivity contribution in [3.05, 3.63) is 0 Å². The van der Waals surface area contributed by atoms with Crippen LogP contribution in [0.4, 0.5) is 0 Å². The van der Waals surface area contributed by atoms with E-state index < -0.39 is 10.0 Å². The molecule has 1 rings (SSSR count). The van der Waals surface area contributed by atoms with E-state index >= 15 is 0 Å². The molecule has 0 aromatic heterocycles. The highest BCUT2D eigenvalue weighted by molar-refractivity contribution is 8.00. The highest BCUT2D eigenvalue weighted by Gasteiger charge is 2.33. The molecule has 1 saturated carbocycles. The summed E-state index contributed by atoms with van der Waals surface area (Å²) < 4.78 is 26.1. The van der Waals surface area contributed by atoms with Crippen LogP contribution < -0.4 is 10.5 Å². The molecule has 0 aromatic rings. The van der Waals surface area contributed by atoms with Crippen LogP contribution in [0.3, 0.4) is 0 Å². The van der Waals surface area contributed by atoms with Crippen LogP contribution in [0.25, 0.3) is 0 Å². The molecule has 0 aliphatic heterocycles. The summed E-state index contributed by atoms with van der Waals surface area (Å²) in [4.78, 5) is 0. The molecule has 0 radical (unpaired) electrons. The summed E-state index contributed by atoms with van der Waals surface area (Å²) in [5, 5.41) is 0. The summed E-state index contributed by atoms with van der Waals surface area (Å²) in [7, 11) is -3.12. The minimum absolute atomic E-state index is 0.135. The van der Waals surface area contributed by atoms with Gasteiger partial charge in [0, 0.05) is 11.3 Å². The van der Waals surface area contributed by atoms with Crippen molar-refractivity contribution < 1.29 is 8.42 Å². The molecule has 1 aliphatic carbocycles. The molecule has 0 amide bonds. The summed E-state index contributed by atoms with van der Waals surface area (Å²) in [6.45, 7) is 0.996. The molecule has 0 spiro atoms. The second-order valence-corrected chi connectivity index (χ2v) is 7.58. The fraction of sp³-hybridized carbons (Fsp3) is 1.00. The van der Waals surface area contributed by atoms with Crippen LogP contribution in [0.1, 0.15) is 32.1 Å². The summed E-state index contributed by atoms with van der Waals surface area (Å²) in [6, 6.07) is 0. The molecule has 0 unspecified atom stereocenters. The lowest BCUT2D eigenvalue weighted by Crippen LogP contribution is -2.39. The molecule has 3 N–H and O–H groups in total. The van der Waals surface area contributed by atoms with Crippen molar-refractivity contribution in [1.29, 1.82) is 0 Å². The molecule has 0 aromatic carbocycles. The van der Waals surface area contributed by atoms with Gasteiger partial charge in [-0.1, -0.05) is 12.8 Å². The Bertz CT molecular complexity index is 298. The number of rotatable bonds is 7. The van der Waals surface area contributed by atoms with E-state index in [0.717, 1.165) is 12.8 Å². The van der Waals surface area contributed by atoms with Gasteiger partial charge < -0.3 is 5.73 Å². The van der Waals surface area contributed by atoms with Gasteiger partial charge >= 0.3 is 0 Å². The molecule has 0 saturated heterocycles. The number of thioether (sulfide) groups is 1. The first kappa shape index (κ1) is 14.3. The zero-order valence-electron chi connectivity index (χ0n) is 9.87. The number of sulfonamides is 1. The van der Waals surface area contributed by atoms with Gasteiger partial charge in [0.05, 0.1) is 5.75 Å². The van der Waals surface area contributed by atoms with Crippen molar-refractivity contribution in [2.24, 2.45) is 5.73 Å². The Morgan fingerprint density at radius 3 is 2.50 bits per heavy atom. The minimum Gasteiger partial charge on any atom is -0.330 e. The van der Waals surface area contributed by atoms with Crippen molar-refractivity contribution in [3.63, 3.8) is 0 Å². The van der Waals surface area contributed by atoms with Crippen molar-refractivity contribution in [2.75, 3.05) is 25.1 Å². The maximum absolute atomic E-state index is 11.6. The number of hydrogen-bond donors (Lipinski definition) is 2. The average molecular weight is 266 g/mol. The monoisotopic (exact) mass is 266 g/mol. The summed E-state index contributed by atoms with van der Waals surface area (Å²) in [5.41, 5.74) is 5.31. The Balaban J connectivity index is 2.43. The van der Waals surface area contributed by atoms with Gasteiger partial charge in [-0.15, -0.1) is 0 Å². The van der Waals surface area contributed by atoms with E-state index in [1.54, 1.807) is 11.8 Å². The van der Waals surface area contributed by atoms with Crippen LogP contribution in [0.2, 0.25) is 0 Å². The Morgan fingerprint density at radius 2 is 2.00 bits per heavy atom. The van der Waals surface area contributed by atoms with E-state index in [0.29, 0.717) is 19.5 Å². The molecule has 96 valence electrons. The van der Waals surface area contributed by atoms with Crippen molar-refractivity contribution >= 4 is 21.8 Å². The van der Waals surface area contributed by atoms with E-state index in [1.807, 2.05) is 0 Å². The van der Waals surface area contributed by atoms with Crippen LogP contribution in [0.15, 0.2) is 0 Å². The van der Waals surface area contributed by atoms with E-state index in [1.165, 1.54) is 12.8 Å². The van der Waals surface area contributed by atoms with E-state index in [2.05, 4.69) is 11.0 Å². The van der Waals surface area contributed by atoms with Crippen LogP contribution in [0, 0.1) is 0 Å². The second-order valence-electron chi connectivity index (χ2n) is 4.38. The first-order chi connectivity index (χ1) is 7.54. The average Bonchev–Trinajstić information content (AvgIpc) is 2.74. The molecule has 16 heavy (non-hydrogen) atoms. The maximum Gasteiger partial charge on any atom is 0.211 e. The van der Waals surface area contributed by atoms with Crippen LogP contribution in [0.5, 0.6) is 0 Å². The highest BCUT2D eigenvalue weighted by Crippen LogP contribution is 2.39. The van der Waals surface area contributed by atoms with Gasteiger partial charge in [0.15, 0.2) is 0 Å². The van der Waals surface area contributed by atoms with E-state index in [-0.39, 0.29) is 10.5 Å².